The third-order valence-corrected chi connectivity index (χ3v) is 12.9. The van der Waals surface area contributed by atoms with Crippen LogP contribution in [-0.4, -0.2) is 66.5 Å². The Balaban J connectivity index is 4.78. The van der Waals surface area contributed by atoms with E-state index in [4.69, 9.17) is 23.3 Å². The Morgan fingerprint density at radius 1 is 0.414 bits per heavy atom. The van der Waals surface area contributed by atoms with Crippen LogP contribution in [-0.2, 0) is 42.2 Å². The van der Waals surface area contributed by atoms with Gasteiger partial charge in [-0.3, -0.25) is 23.4 Å². The van der Waals surface area contributed by atoms with Gasteiger partial charge in [-0.1, -0.05) is 210 Å². The number of allylic oxidation sites excluding steroid dienone is 10. The summed E-state index contributed by atoms with van der Waals surface area (Å²) in [5.41, 5.74) is 0. The predicted octanol–water partition coefficient (Wildman–Crippen LogP) is 16.4. The number of carbonyl (C=O) groups is 3. The van der Waals surface area contributed by atoms with Gasteiger partial charge in [0.2, 0.25) is 0 Å². The van der Waals surface area contributed by atoms with Crippen LogP contribution in [0.5, 0.6) is 0 Å². The van der Waals surface area contributed by atoms with E-state index in [1.807, 2.05) is 0 Å². The van der Waals surface area contributed by atoms with Crippen molar-refractivity contribution >= 4 is 25.7 Å². The molecular formula is C58H103O11P. The third kappa shape index (κ3) is 50.1. The molecule has 0 aliphatic carbocycles. The summed E-state index contributed by atoms with van der Waals surface area (Å²) in [5, 5.41) is 9.78. The zero-order valence-corrected chi connectivity index (χ0v) is 45.6. The molecule has 0 aliphatic rings. The lowest BCUT2D eigenvalue weighted by molar-refractivity contribution is -0.161. The Hall–Kier alpha value is -2.82. The van der Waals surface area contributed by atoms with Crippen molar-refractivity contribution in [2.24, 2.45) is 0 Å². The number of phosphoric ester groups is 1. The summed E-state index contributed by atoms with van der Waals surface area (Å²) >= 11 is 0. The highest BCUT2D eigenvalue weighted by molar-refractivity contribution is 7.47. The van der Waals surface area contributed by atoms with Crippen molar-refractivity contribution in [3.8, 4) is 0 Å². The molecule has 0 aromatic carbocycles. The van der Waals surface area contributed by atoms with Gasteiger partial charge in [0.25, 0.3) is 0 Å². The second-order valence-corrected chi connectivity index (χ2v) is 20.2. The molecule has 70 heavy (non-hydrogen) atoms. The van der Waals surface area contributed by atoms with Crippen LogP contribution in [0.3, 0.4) is 0 Å². The molecule has 0 bridgehead atoms. The van der Waals surface area contributed by atoms with E-state index in [-0.39, 0.29) is 25.9 Å². The third-order valence-electron chi connectivity index (χ3n) is 11.9. The number of hydrogen-bond acceptors (Lipinski definition) is 10. The SMILES string of the molecule is CC/C=C\C/C=C\C/C=C\C/C=C\CCCCCCC(=O)OC(COC(=O)CCCCCCC/C=C\CCCCCCCC)COP(=O)(O)OCC(CO)OC(=O)CCCCCCCCCCCCC. The van der Waals surface area contributed by atoms with Gasteiger partial charge in [-0.15, -0.1) is 0 Å². The average Bonchev–Trinajstić information content (AvgIpc) is 3.35. The number of carbonyl (C=O) groups excluding carboxylic acids is 3. The molecule has 0 aliphatic heterocycles. The summed E-state index contributed by atoms with van der Waals surface area (Å²) in [6.07, 6.45) is 56.1. The second-order valence-electron chi connectivity index (χ2n) is 18.7. The summed E-state index contributed by atoms with van der Waals surface area (Å²) in [7, 11) is -4.75. The van der Waals surface area contributed by atoms with Gasteiger partial charge in [0.05, 0.1) is 19.8 Å². The van der Waals surface area contributed by atoms with Crippen molar-refractivity contribution in [1.29, 1.82) is 0 Å². The minimum Gasteiger partial charge on any atom is -0.462 e. The maximum atomic E-state index is 12.9. The quantitative estimate of drug-likeness (QED) is 0.0197. The number of aliphatic hydroxyl groups excluding tert-OH is 1. The summed E-state index contributed by atoms with van der Waals surface area (Å²) in [4.78, 5) is 48.4. The minimum atomic E-state index is -4.75. The number of unbranched alkanes of at least 4 members (excludes halogenated alkanes) is 25. The summed E-state index contributed by atoms with van der Waals surface area (Å²) in [6.45, 7) is 4.49. The van der Waals surface area contributed by atoms with Gasteiger partial charge in [0, 0.05) is 19.3 Å². The van der Waals surface area contributed by atoms with Gasteiger partial charge in [0.15, 0.2) is 6.10 Å². The summed E-state index contributed by atoms with van der Waals surface area (Å²) in [6, 6.07) is 0. The molecule has 3 atom stereocenters. The molecule has 0 saturated carbocycles. The smallest absolute Gasteiger partial charge is 0.462 e. The molecule has 0 radical (unpaired) electrons. The van der Waals surface area contributed by atoms with Crippen molar-refractivity contribution in [3.63, 3.8) is 0 Å². The maximum Gasteiger partial charge on any atom is 0.472 e. The molecule has 0 heterocycles. The summed E-state index contributed by atoms with van der Waals surface area (Å²) < 4.78 is 39.4. The van der Waals surface area contributed by atoms with Crippen LogP contribution in [0.4, 0.5) is 0 Å². The average molecular weight is 1010 g/mol. The van der Waals surface area contributed by atoms with Crippen LogP contribution in [0.25, 0.3) is 0 Å². The molecule has 0 aromatic heterocycles. The number of phosphoric acid groups is 1. The van der Waals surface area contributed by atoms with E-state index in [0.717, 1.165) is 109 Å². The molecule has 0 saturated heterocycles. The van der Waals surface area contributed by atoms with E-state index < -0.39 is 57.8 Å². The zero-order chi connectivity index (χ0) is 51.3. The first-order valence-electron chi connectivity index (χ1n) is 28.2. The normalized spacial score (nSPS) is 13.8. The van der Waals surface area contributed by atoms with E-state index in [1.165, 1.54) is 83.5 Å². The van der Waals surface area contributed by atoms with Gasteiger partial charge in [-0.25, -0.2) is 4.57 Å². The fraction of sp³-hybridized carbons (Fsp3) is 0.776. The number of rotatable bonds is 52. The first-order chi connectivity index (χ1) is 34.2. The zero-order valence-electron chi connectivity index (χ0n) is 44.7. The van der Waals surface area contributed by atoms with Crippen molar-refractivity contribution < 1.29 is 52.2 Å². The fourth-order valence-corrected chi connectivity index (χ4v) is 8.42. The lowest BCUT2D eigenvalue weighted by atomic mass is 10.1. The van der Waals surface area contributed by atoms with E-state index >= 15 is 0 Å². The number of esters is 3. The van der Waals surface area contributed by atoms with Crippen LogP contribution < -0.4 is 0 Å². The van der Waals surface area contributed by atoms with Gasteiger partial charge in [0.1, 0.15) is 12.7 Å². The largest absolute Gasteiger partial charge is 0.472 e. The Bertz CT molecular complexity index is 1410. The van der Waals surface area contributed by atoms with Gasteiger partial charge in [-0.2, -0.15) is 0 Å². The Labute approximate surface area is 427 Å². The fourth-order valence-electron chi connectivity index (χ4n) is 7.64. The van der Waals surface area contributed by atoms with E-state index in [9.17, 15) is 28.9 Å². The van der Waals surface area contributed by atoms with E-state index in [1.54, 1.807) is 0 Å². The van der Waals surface area contributed by atoms with Crippen LogP contribution in [0.15, 0.2) is 60.8 Å². The molecule has 2 N–H and O–H groups in total. The maximum absolute atomic E-state index is 12.9. The van der Waals surface area contributed by atoms with Crippen molar-refractivity contribution in [3.05, 3.63) is 60.8 Å². The van der Waals surface area contributed by atoms with E-state index in [0.29, 0.717) is 19.3 Å². The molecule has 0 spiro atoms. The highest BCUT2D eigenvalue weighted by atomic mass is 31.2. The Morgan fingerprint density at radius 3 is 1.16 bits per heavy atom. The highest BCUT2D eigenvalue weighted by Gasteiger charge is 2.28. The molecule has 0 fully saturated rings. The topological polar surface area (TPSA) is 155 Å². The van der Waals surface area contributed by atoms with E-state index in [2.05, 4.69) is 81.5 Å². The van der Waals surface area contributed by atoms with Crippen LogP contribution >= 0.6 is 7.82 Å². The second kappa shape index (κ2) is 52.5. The van der Waals surface area contributed by atoms with Gasteiger partial charge >= 0.3 is 25.7 Å². The van der Waals surface area contributed by atoms with Crippen molar-refractivity contribution in [1.82, 2.24) is 0 Å². The molecule has 406 valence electrons. The number of hydrogen-bond donors (Lipinski definition) is 2. The molecule has 0 amide bonds. The molecule has 0 rings (SSSR count). The number of aliphatic hydroxyl groups is 1. The lowest BCUT2D eigenvalue weighted by Gasteiger charge is -2.21. The monoisotopic (exact) mass is 1010 g/mol. The number of ether oxygens (including phenoxy) is 3. The molecule has 0 aromatic rings. The van der Waals surface area contributed by atoms with Crippen molar-refractivity contribution in [2.75, 3.05) is 26.4 Å². The van der Waals surface area contributed by atoms with Crippen LogP contribution in [0.2, 0.25) is 0 Å². The first-order valence-corrected chi connectivity index (χ1v) is 29.7. The first kappa shape index (κ1) is 67.2. The molecular weight excluding hydrogens is 904 g/mol. The Kier molecular flexibility index (Phi) is 50.4. The minimum absolute atomic E-state index is 0.138. The Morgan fingerprint density at radius 2 is 0.743 bits per heavy atom. The van der Waals surface area contributed by atoms with Gasteiger partial charge in [-0.05, 0) is 83.5 Å². The van der Waals surface area contributed by atoms with Crippen LogP contribution in [0, 0.1) is 0 Å². The van der Waals surface area contributed by atoms with Crippen LogP contribution in [0.1, 0.15) is 252 Å². The van der Waals surface area contributed by atoms with Crippen molar-refractivity contribution in [2.45, 2.75) is 264 Å². The standard InChI is InChI=1S/C58H103O11P/c1-4-7-10-13-16-19-22-24-26-27-29-31-34-37-40-43-46-49-58(62)69-55(51-65-56(60)47-44-41-38-35-33-30-28-25-23-20-17-14-11-8-5-2)53-67-70(63,64)66-52-54(50-59)68-57(61)48-45-42-39-36-32-21-18-15-12-9-6-3/h7,10,16,19,24-26,28-29,31,54-55,59H,4-6,8-9,11-15,17-18,20-23,27,30,32-53H2,1-3H3,(H,63,64)/b10-7-,19-16-,26-24-,28-25-,31-29-. The molecule has 12 heteroatoms. The van der Waals surface area contributed by atoms with Gasteiger partial charge < -0.3 is 24.2 Å². The molecule has 11 nitrogen and oxygen atoms in total. The highest BCUT2D eigenvalue weighted by Crippen LogP contribution is 2.43. The molecule has 3 unspecified atom stereocenters. The summed E-state index contributed by atoms with van der Waals surface area (Å²) in [5.74, 6) is -1.50. The lowest BCUT2D eigenvalue weighted by Crippen LogP contribution is -2.30. The predicted molar refractivity (Wildman–Crippen MR) is 288 cm³/mol.